The molecule has 0 radical (unpaired) electrons. The van der Waals surface area contributed by atoms with E-state index < -0.39 is 16.1 Å². The number of rotatable bonds is 8. The lowest BCUT2D eigenvalue weighted by molar-refractivity contribution is -0.128. The molecule has 0 aromatic heterocycles. The molecule has 0 saturated carbocycles. The highest BCUT2D eigenvalue weighted by atomic mass is 32.2. The van der Waals surface area contributed by atoms with Crippen molar-refractivity contribution in [3.05, 3.63) is 48.0 Å². The third-order valence-electron chi connectivity index (χ3n) is 5.26. The summed E-state index contributed by atoms with van der Waals surface area (Å²) >= 11 is 0. The molecule has 0 saturated heterocycles. The standard InChI is InChI=1S/C22H28N2O6S/c1-5-16(15-11-12-19(28-3)20(13-15)29-4)23-22(25)21-14-24(31(26,27)6-2)17-9-7-8-10-18(17)30-21/h7-13,16,21H,5-6,14H2,1-4H3,(H,23,25)/t16-,21+/m0/s1. The van der Waals surface area contributed by atoms with Crippen LogP contribution in [0.1, 0.15) is 31.9 Å². The Balaban J connectivity index is 1.84. The van der Waals surface area contributed by atoms with Crippen LogP contribution in [-0.4, -0.2) is 46.9 Å². The van der Waals surface area contributed by atoms with Crippen molar-refractivity contribution in [2.75, 3.05) is 30.8 Å². The van der Waals surface area contributed by atoms with Crippen LogP contribution in [0.2, 0.25) is 0 Å². The average Bonchev–Trinajstić information content (AvgIpc) is 2.81. The summed E-state index contributed by atoms with van der Waals surface area (Å²) in [4.78, 5) is 13.1. The number of sulfonamides is 1. The molecule has 9 heteroatoms. The van der Waals surface area contributed by atoms with Crippen molar-refractivity contribution < 1.29 is 27.4 Å². The Morgan fingerprint density at radius 3 is 2.52 bits per heavy atom. The first-order chi connectivity index (χ1) is 14.8. The van der Waals surface area contributed by atoms with Gasteiger partial charge in [0.25, 0.3) is 5.91 Å². The molecule has 168 valence electrons. The van der Waals surface area contributed by atoms with Crippen LogP contribution in [0.4, 0.5) is 5.69 Å². The molecule has 2 aromatic rings. The normalized spacial score (nSPS) is 16.6. The number of carbonyl (C=O) groups excluding carboxylic acids is 1. The van der Waals surface area contributed by atoms with Crippen LogP contribution < -0.4 is 23.8 Å². The highest BCUT2D eigenvalue weighted by Gasteiger charge is 2.36. The fourth-order valence-electron chi connectivity index (χ4n) is 3.51. The molecular formula is C22H28N2O6S. The van der Waals surface area contributed by atoms with Gasteiger partial charge in [0, 0.05) is 0 Å². The molecule has 1 N–H and O–H groups in total. The largest absolute Gasteiger partial charge is 0.493 e. The van der Waals surface area contributed by atoms with Crippen LogP contribution in [-0.2, 0) is 14.8 Å². The number of amides is 1. The van der Waals surface area contributed by atoms with Crippen molar-refractivity contribution in [1.29, 1.82) is 0 Å². The van der Waals surface area contributed by atoms with Crippen LogP contribution in [0.5, 0.6) is 17.2 Å². The number of nitrogens with one attached hydrogen (secondary N) is 1. The van der Waals surface area contributed by atoms with Gasteiger partial charge in [0.2, 0.25) is 10.0 Å². The third-order valence-corrected chi connectivity index (χ3v) is 7.01. The molecule has 1 amide bonds. The molecule has 2 atom stereocenters. The highest BCUT2D eigenvalue weighted by Crippen LogP contribution is 2.35. The third kappa shape index (κ3) is 4.71. The molecule has 1 aliphatic heterocycles. The second-order valence-corrected chi connectivity index (χ2v) is 9.27. The minimum atomic E-state index is -3.56. The Hall–Kier alpha value is -2.94. The first kappa shape index (κ1) is 22.7. The zero-order chi connectivity index (χ0) is 22.6. The van der Waals surface area contributed by atoms with E-state index in [2.05, 4.69) is 5.32 Å². The summed E-state index contributed by atoms with van der Waals surface area (Å²) < 4.78 is 43.0. The van der Waals surface area contributed by atoms with E-state index in [1.807, 2.05) is 19.1 Å². The second kappa shape index (κ2) is 9.47. The first-order valence-corrected chi connectivity index (χ1v) is 11.7. The van der Waals surface area contributed by atoms with Crippen LogP contribution >= 0.6 is 0 Å². The molecule has 0 fully saturated rings. The fourth-order valence-corrected chi connectivity index (χ4v) is 4.64. The summed E-state index contributed by atoms with van der Waals surface area (Å²) in [5, 5.41) is 2.98. The molecule has 3 rings (SSSR count). The van der Waals surface area contributed by atoms with Gasteiger partial charge in [0.1, 0.15) is 5.75 Å². The number of hydrogen-bond acceptors (Lipinski definition) is 6. The molecule has 1 heterocycles. The zero-order valence-electron chi connectivity index (χ0n) is 18.1. The Kier molecular flexibility index (Phi) is 6.94. The number of ether oxygens (including phenoxy) is 3. The number of anilines is 1. The van der Waals surface area contributed by atoms with Crippen molar-refractivity contribution in [1.82, 2.24) is 5.32 Å². The summed E-state index contributed by atoms with van der Waals surface area (Å²) in [7, 11) is -0.448. The summed E-state index contributed by atoms with van der Waals surface area (Å²) in [6.07, 6.45) is -0.341. The zero-order valence-corrected chi connectivity index (χ0v) is 18.9. The van der Waals surface area contributed by atoms with Crippen LogP contribution in [0.3, 0.4) is 0 Å². The maximum absolute atomic E-state index is 13.1. The maximum Gasteiger partial charge on any atom is 0.263 e. The van der Waals surface area contributed by atoms with Crippen molar-refractivity contribution >= 4 is 21.6 Å². The van der Waals surface area contributed by atoms with E-state index in [0.29, 0.717) is 29.4 Å². The molecule has 0 aliphatic carbocycles. The molecule has 2 aromatic carbocycles. The van der Waals surface area contributed by atoms with Crippen molar-refractivity contribution in [2.24, 2.45) is 0 Å². The quantitative estimate of drug-likeness (QED) is 0.667. The Morgan fingerprint density at radius 2 is 1.87 bits per heavy atom. The molecule has 0 unspecified atom stereocenters. The van der Waals surface area contributed by atoms with Crippen LogP contribution in [0.15, 0.2) is 42.5 Å². The van der Waals surface area contributed by atoms with Gasteiger partial charge in [-0.25, -0.2) is 8.42 Å². The lowest BCUT2D eigenvalue weighted by Gasteiger charge is -2.35. The number of methoxy groups -OCH3 is 2. The van der Waals surface area contributed by atoms with Gasteiger partial charge in [0.15, 0.2) is 17.6 Å². The number of carbonyl (C=O) groups is 1. The van der Waals surface area contributed by atoms with Gasteiger partial charge in [-0.15, -0.1) is 0 Å². The predicted molar refractivity (Wildman–Crippen MR) is 118 cm³/mol. The van der Waals surface area contributed by atoms with Crippen molar-refractivity contribution in [3.8, 4) is 17.2 Å². The van der Waals surface area contributed by atoms with Gasteiger partial charge in [0.05, 0.1) is 38.2 Å². The van der Waals surface area contributed by atoms with E-state index in [9.17, 15) is 13.2 Å². The van der Waals surface area contributed by atoms with E-state index >= 15 is 0 Å². The SMILES string of the molecule is CC[C@H](NC(=O)[C@H]1CN(S(=O)(=O)CC)c2ccccc2O1)c1ccc(OC)c(OC)c1. The Labute approximate surface area is 183 Å². The summed E-state index contributed by atoms with van der Waals surface area (Å²) in [5.41, 5.74) is 1.29. The van der Waals surface area contributed by atoms with Gasteiger partial charge < -0.3 is 19.5 Å². The molecular weight excluding hydrogens is 420 g/mol. The van der Waals surface area contributed by atoms with Gasteiger partial charge in [-0.05, 0) is 43.2 Å². The van der Waals surface area contributed by atoms with Crippen molar-refractivity contribution in [3.63, 3.8) is 0 Å². The summed E-state index contributed by atoms with van der Waals surface area (Å²) in [6, 6.07) is 12.0. The van der Waals surface area contributed by atoms with E-state index in [0.717, 1.165) is 5.56 Å². The first-order valence-electron chi connectivity index (χ1n) is 10.1. The van der Waals surface area contributed by atoms with Gasteiger partial charge in [-0.2, -0.15) is 0 Å². The predicted octanol–water partition coefficient (Wildman–Crippen LogP) is 2.89. The average molecular weight is 449 g/mol. The number of nitrogens with zero attached hydrogens (tertiary/aromatic N) is 1. The Morgan fingerprint density at radius 1 is 1.16 bits per heavy atom. The fraction of sp³-hybridized carbons (Fsp3) is 0.409. The molecule has 1 aliphatic rings. The van der Waals surface area contributed by atoms with E-state index in [1.54, 1.807) is 51.5 Å². The second-order valence-electron chi connectivity index (χ2n) is 7.09. The van der Waals surface area contributed by atoms with Crippen LogP contribution in [0, 0.1) is 0 Å². The number of benzene rings is 2. The van der Waals surface area contributed by atoms with Crippen molar-refractivity contribution in [2.45, 2.75) is 32.4 Å². The van der Waals surface area contributed by atoms with E-state index in [4.69, 9.17) is 14.2 Å². The van der Waals surface area contributed by atoms with Gasteiger partial charge >= 0.3 is 0 Å². The maximum atomic E-state index is 13.1. The lowest BCUT2D eigenvalue weighted by atomic mass is 10.0. The highest BCUT2D eigenvalue weighted by molar-refractivity contribution is 7.92. The monoisotopic (exact) mass is 448 g/mol. The molecule has 0 bridgehead atoms. The minimum absolute atomic E-state index is 0.0705. The van der Waals surface area contributed by atoms with Gasteiger partial charge in [-0.3, -0.25) is 9.10 Å². The number of hydrogen-bond donors (Lipinski definition) is 1. The minimum Gasteiger partial charge on any atom is -0.493 e. The molecule has 8 nitrogen and oxygen atoms in total. The number of para-hydroxylation sites is 2. The Bertz CT molecular complexity index is 1040. The molecule has 31 heavy (non-hydrogen) atoms. The number of fused-ring (bicyclic) bond motifs is 1. The topological polar surface area (TPSA) is 94.2 Å². The van der Waals surface area contributed by atoms with E-state index in [-0.39, 0.29) is 24.2 Å². The van der Waals surface area contributed by atoms with Crippen LogP contribution in [0.25, 0.3) is 0 Å². The summed E-state index contributed by atoms with van der Waals surface area (Å²) in [5.74, 6) is 1.08. The smallest absolute Gasteiger partial charge is 0.263 e. The molecule has 0 spiro atoms. The summed E-state index contributed by atoms with van der Waals surface area (Å²) in [6.45, 7) is 3.45. The lowest BCUT2D eigenvalue weighted by Crippen LogP contribution is -2.51. The van der Waals surface area contributed by atoms with E-state index in [1.165, 1.54) is 4.31 Å². The van der Waals surface area contributed by atoms with Gasteiger partial charge in [-0.1, -0.05) is 25.1 Å².